The van der Waals surface area contributed by atoms with Crippen LogP contribution in [0, 0.1) is 0 Å². The van der Waals surface area contributed by atoms with Gasteiger partial charge in [-0.1, -0.05) is 34.2 Å². The summed E-state index contributed by atoms with van der Waals surface area (Å²) in [6.45, 7) is 5.78. The number of para-hydroxylation sites is 1. The molecule has 0 spiro atoms. The van der Waals surface area contributed by atoms with Gasteiger partial charge in [0.05, 0.1) is 12.6 Å². The van der Waals surface area contributed by atoms with Gasteiger partial charge in [0, 0.05) is 10.6 Å². The Bertz CT molecular complexity index is 833. The Morgan fingerprint density at radius 2 is 2.00 bits per heavy atom. The molecule has 5 nitrogen and oxygen atoms in total. The summed E-state index contributed by atoms with van der Waals surface area (Å²) in [6, 6.07) is 12.4. The van der Waals surface area contributed by atoms with Crippen molar-refractivity contribution >= 4 is 35.1 Å². The highest BCUT2D eigenvalue weighted by Crippen LogP contribution is 2.22. The molecule has 2 aromatic carbocycles. The van der Waals surface area contributed by atoms with E-state index in [1.54, 1.807) is 36.4 Å². The van der Waals surface area contributed by atoms with Crippen LogP contribution in [0.15, 0.2) is 46.9 Å². The summed E-state index contributed by atoms with van der Waals surface area (Å²) in [4.78, 5) is 11.0. The zero-order valence-electron chi connectivity index (χ0n) is 15.4. The molecule has 1 N–H and O–H groups in total. The number of carbonyl (C=O) groups is 1. The lowest BCUT2D eigenvalue weighted by molar-refractivity contribution is -0.136. The maximum absolute atomic E-state index is 12.1. The van der Waals surface area contributed by atoms with Crippen LogP contribution in [-0.2, 0) is 29.2 Å². The number of aliphatic carboxylic acids is 1. The van der Waals surface area contributed by atoms with Crippen LogP contribution in [0.4, 0.5) is 0 Å². The summed E-state index contributed by atoms with van der Waals surface area (Å²) in [7, 11) is 0. The van der Waals surface area contributed by atoms with Crippen LogP contribution >= 0.6 is 11.6 Å². The van der Waals surface area contributed by atoms with Crippen molar-refractivity contribution in [2.24, 2.45) is 4.40 Å². The molecule has 1 unspecified atom stereocenters. The summed E-state index contributed by atoms with van der Waals surface area (Å²) in [5.74, 6) is -0.400. The van der Waals surface area contributed by atoms with Gasteiger partial charge in [-0.05, 0) is 56.2 Å². The summed E-state index contributed by atoms with van der Waals surface area (Å²) in [5.41, 5.74) is 2.13. The maximum Gasteiger partial charge on any atom is 0.307 e. The molecule has 0 bridgehead atoms. The molecular formula is C20H22ClNO4S. The van der Waals surface area contributed by atoms with E-state index in [0.29, 0.717) is 16.3 Å². The second-order valence-electron chi connectivity index (χ2n) is 6.96. The van der Waals surface area contributed by atoms with E-state index >= 15 is 0 Å². The van der Waals surface area contributed by atoms with Crippen molar-refractivity contribution in [1.29, 1.82) is 0 Å². The van der Waals surface area contributed by atoms with E-state index in [-0.39, 0.29) is 13.0 Å². The lowest BCUT2D eigenvalue weighted by Gasteiger charge is -2.17. The Kier molecular flexibility index (Phi) is 7.30. The zero-order chi connectivity index (χ0) is 20.0. The first-order chi connectivity index (χ1) is 12.6. The average Bonchev–Trinajstić information content (AvgIpc) is 2.57. The molecule has 0 amide bonds. The average molecular weight is 408 g/mol. The van der Waals surface area contributed by atoms with Crippen LogP contribution in [0.2, 0.25) is 5.02 Å². The Morgan fingerprint density at radius 3 is 2.67 bits per heavy atom. The van der Waals surface area contributed by atoms with Gasteiger partial charge in [0.1, 0.15) is 28.5 Å². The molecule has 0 heterocycles. The molecule has 7 heteroatoms. The van der Waals surface area contributed by atoms with Crippen LogP contribution in [0.3, 0.4) is 0 Å². The highest BCUT2D eigenvalue weighted by molar-refractivity contribution is 7.91. The van der Waals surface area contributed by atoms with Gasteiger partial charge in [-0.2, -0.15) is 0 Å². The van der Waals surface area contributed by atoms with Crippen molar-refractivity contribution in [1.82, 2.24) is 0 Å². The van der Waals surface area contributed by atoms with Crippen LogP contribution in [0.25, 0.3) is 0 Å². The smallest absolute Gasteiger partial charge is 0.307 e. The minimum atomic E-state index is -1.35. The predicted octanol–water partition coefficient (Wildman–Crippen LogP) is 4.43. The van der Waals surface area contributed by atoms with E-state index in [2.05, 4.69) is 4.40 Å². The molecule has 2 rings (SSSR count). The normalized spacial score (nSPS) is 12.9. The highest BCUT2D eigenvalue weighted by atomic mass is 35.5. The molecule has 0 saturated carbocycles. The largest absolute Gasteiger partial charge is 0.591 e. The van der Waals surface area contributed by atoms with Crippen molar-refractivity contribution in [3.05, 3.63) is 64.2 Å². The number of hydrogen-bond acceptors (Lipinski definition) is 4. The molecular weight excluding hydrogens is 386 g/mol. The maximum atomic E-state index is 12.1. The SMILES string of the molecule is CC(C)(C)[S+]([O-])/N=C/c1cc(Cl)cc(COc2ccccc2CC(=O)O)c1. The van der Waals surface area contributed by atoms with Crippen molar-refractivity contribution in [2.75, 3.05) is 0 Å². The minimum Gasteiger partial charge on any atom is -0.591 e. The second kappa shape index (κ2) is 9.26. The van der Waals surface area contributed by atoms with Crippen molar-refractivity contribution < 1.29 is 19.2 Å². The number of nitrogens with zero attached hydrogens (tertiary/aromatic N) is 1. The lowest BCUT2D eigenvalue weighted by atomic mass is 10.1. The number of carboxylic acids is 1. The third-order valence-corrected chi connectivity index (χ3v) is 5.07. The van der Waals surface area contributed by atoms with Gasteiger partial charge in [-0.15, -0.1) is 0 Å². The Balaban J connectivity index is 2.13. The summed E-state index contributed by atoms with van der Waals surface area (Å²) in [5, 5.41) is 9.51. The highest BCUT2D eigenvalue weighted by Gasteiger charge is 2.25. The molecule has 1 atom stereocenters. The molecule has 0 aliphatic heterocycles. The lowest BCUT2D eigenvalue weighted by Crippen LogP contribution is -2.25. The van der Waals surface area contributed by atoms with Gasteiger partial charge in [-0.25, -0.2) is 0 Å². The van der Waals surface area contributed by atoms with Crippen LogP contribution in [0.1, 0.15) is 37.5 Å². The number of halogens is 1. The van der Waals surface area contributed by atoms with Crippen LogP contribution < -0.4 is 4.74 Å². The van der Waals surface area contributed by atoms with Gasteiger partial charge in [-0.3, -0.25) is 4.79 Å². The molecule has 2 aromatic rings. The van der Waals surface area contributed by atoms with Crippen molar-refractivity contribution in [2.45, 2.75) is 38.5 Å². The number of ether oxygens (including phenoxy) is 1. The number of carboxylic acid groups (broad SMARTS) is 1. The molecule has 0 aromatic heterocycles. The summed E-state index contributed by atoms with van der Waals surface area (Å²) in [6.07, 6.45) is 1.43. The first-order valence-electron chi connectivity index (χ1n) is 8.33. The van der Waals surface area contributed by atoms with Gasteiger partial charge < -0.3 is 14.4 Å². The number of benzene rings is 2. The quantitative estimate of drug-likeness (QED) is 0.543. The molecule has 0 saturated heterocycles. The fraction of sp³-hybridized carbons (Fsp3) is 0.300. The number of rotatable bonds is 7. The van der Waals surface area contributed by atoms with E-state index in [0.717, 1.165) is 11.1 Å². The summed E-state index contributed by atoms with van der Waals surface area (Å²) >= 11 is 4.81. The van der Waals surface area contributed by atoms with Crippen LogP contribution in [-0.4, -0.2) is 26.6 Å². The molecule has 0 fully saturated rings. The molecule has 27 heavy (non-hydrogen) atoms. The fourth-order valence-corrected chi connectivity index (χ4v) is 3.01. The van der Waals surface area contributed by atoms with Crippen molar-refractivity contribution in [3.8, 4) is 5.75 Å². The third kappa shape index (κ3) is 6.90. The van der Waals surface area contributed by atoms with E-state index in [9.17, 15) is 9.35 Å². The number of hydrogen-bond donors (Lipinski definition) is 1. The summed E-state index contributed by atoms with van der Waals surface area (Å²) < 4.78 is 21.5. The van der Waals surface area contributed by atoms with Gasteiger partial charge in [0.2, 0.25) is 0 Å². The van der Waals surface area contributed by atoms with Crippen LogP contribution in [0.5, 0.6) is 5.75 Å². The monoisotopic (exact) mass is 407 g/mol. The Hall–Kier alpha value is -2.02. The van der Waals surface area contributed by atoms with Gasteiger partial charge in [0.25, 0.3) is 0 Å². The zero-order valence-corrected chi connectivity index (χ0v) is 17.0. The van der Waals surface area contributed by atoms with E-state index in [4.69, 9.17) is 21.4 Å². The first kappa shape index (κ1) is 21.3. The topological polar surface area (TPSA) is 82.0 Å². The van der Waals surface area contributed by atoms with E-state index in [1.807, 2.05) is 26.8 Å². The second-order valence-corrected chi connectivity index (χ2v) is 9.33. The minimum absolute atomic E-state index is 0.109. The van der Waals surface area contributed by atoms with E-state index in [1.165, 1.54) is 6.21 Å². The third-order valence-electron chi connectivity index (χ3n) is 3.51. The van der Waals surface area contributed by atoms with Gasteiger partial charge in [0.15, 0.2) is 0 Å². The van der Waals surface area contributed by atoms with E-state index < -0.39 is 22.1 Å². The molecule has 0 radical (unpaired) electrons. The Labute approximate surface area is 167 Å². The fourth-order valence-electron chi connectivity index (χ4n) is 2.21. The van der Waals surface area contributed by atoms with Gasteiger partial charge >= 0.3 is 5.97 Å². The first-order valence-corrected chi connectivity index (χ1v) is 9.81. The molecule has 144 valence electrons. The molecule has 0 aliphatic carbocycles. The Morgan fingerprint density at radius 1 is 1.30 bits per heavy atom. The standard InChI is InChI=1S/C20H22ClNO4S/c1-20(2,3)27(25)22-12-14-8-15(10-17(21)9-14)13-26-18-7-5-4-6-16(18)11-19(23)24/h4-10,12H,11,13H2,1-3H3,(H,23,24)/b22-12+. The predicted molar refractivity (Wildman–Crippen MR) is 109 cm³/mol. The molecule has 0 aliphatic rings. The van der Waals surface area contributed by atoms with Crippen molar-refractivity contribution in [3.63, 3.8) is 0 Å².